The number of carboxylic acid groups (broad SMARTS) is 1. The zero-order chi connectivity index (χ0) is 13.9. The van der Waals surface area contributed by atoms with E-state index in [1.807, 2.05) is 0 Å². The van der Waals surface area contributed by atoms with Gasteiger partial charge in [-0.15, -0.1) is 0 Å². The Morgan fingerprint density at radius 2 is 2.00 bits per heavy atom. The monoisotopic (exact) mass is 315 g/mol. The van der Waals surface area contributed by atoms with Crippen LogP contribution < -0.4 is 10.1 Å². The Kier molecular flexibility index (Phi) is 4.34. The van der Waals surface area contributed by atoms with Gasteiger partial charge in [-0.1, -0.05) is 0 Å². The average Bonchev–Trinajstić information content (AvgIpc) is 2.31. The van der Waals surface area contributed by atoms with Crippen molar-refractivity contribution in [2.24, 2.45) is 5.41 Å². The van der Waals surface area contributed by atoms with Gasteiger partial charge >= 0.3 is 5.97 Å². The van der Waals surface area contributed by atoms with Crippen molar-refractivity contribution in [2.75, 3.05) is 12.4 Å². The summed E-state index contributed by atoms with van der Waals surface area (Å²) in [6.45, 7) is 2.69. The second kappa shape index (κ2) is 5.39. The molecule has 1 aromatic carbocycles. The Balaban J connectivity index is 2.98. The van der Waals surface area contributed by atoms with Crippen molar-refractivity contribution in [2.45, 2.75) is 13.8 Å². The van der Waals surface area contributed by atoms with Gasteiger partial charge in [-0.05, 0) is 41.9 Å². The standard InChI is InChI=1S/C12H14BrNO4/c1-12(2,11(16)17)10(15)14-9-6-7(18-3)4-5-8(9)13/h4-6H,1-3H3,(H,14,15)(H,16,17). The first kappa shape index (κ1) is 14.5. The van der Waals surface area contributed by atoms with Crippen molar-refractivity contribution < 1.29 is 19.4 Å². The van der Waals surface area contributed by atoms with Crippen LogP contribution in [0.2, 0.25) is 0 Å². The Hall–Kier alpha value is -1.56. The molecule has 98 valence electrons. The van der Waals surface area contributed by atoms with Crippen LogP contribution in [-0.4, -0.2) is 24.1 Å². The van der Waals surface area contributed by atoms with Crippen LogP contribution in [0.1, 0.15) is 13.8 Å². The Bertz CT molecular complexity index is 485. The molecule has 0 aromatic heterocycles. The van der Waals surface area contributed by atoms with E-state index in [0.29, 0.717) is 15.9 Å². The third-order valence-electron chi connectivity index (χ3n) is 2.52. The molecule has 0 aliphatic rings. The number of aliphatic carboxylic acids is 1. The zero-order valence-electron chi connectivity index (χ0n) is 10.3. The molecule has 0 bridgehead atoms. The highest BCUT2D eigenvalue weighted by molar-refractivity contribution is 9.10. The highest BCUT2D eigenvalue weighted by Crippen LogP contribution is 2.29. The fourth-order valence-corrected chi connectivity index (χ4v) is 1.45. The lowest BCUT2D eigenvalue weighted by Crippen LogP contribution is -2.37. The molecule has 0 heterocycles. The van der Waals surface area contributed by atoms with Crippen molar-refractivity contribution in [1.29, 1.82) is 0 Å². The van der Waals surface area contributed by atoms with E-state index < -0.39 is 17.3 Å². The first-order valence-electron chi connectivity index (χ1n) is 5.17. The number of hydrogen-bond donors (Lipinski definition) is 2. The van der Waals surface area contributed by atoms with Crippen molar-refractivity contribution in [3.63, 3.8) is 0 Å². The third-order valence-corrected chi connectivity index (χ3v) is 3.22. The van der Waals surface area contributed by atoms with Crippen LogP contribution in [-0.2, 0) is 9.59 Å². The topological polar surface area (TPSA) is 75.6 Å². The van der Waals surface area contributed by atoms with Gasteiger partial charge < -0.3 is 15.2 Å². The maximum atomic E-state index is 11.9. The largest absolute Gasteiger partial charge is 0.497 e. The van der Waals surface area contributed by atoms with E-state index in [1.165, 1.54) is 21.0 Å². The molecule has 1 aromatic rings. The second-order valence-corrected chi connectivity index (χ2v) is 5.08. The van der Waals surface area contributed by atoms with Crippen molar-refractivity contribution in [3.8, 4) is 5.75 Å². The highest BCUT2D eigenvalue weighted by Gasteiger charge is 2.36. The third kappa shape index (κ3) is 3.01. The van der Waals surface area contributed by atoms with Gasteiger partial charge in [0.2, 0.25) is 5.91 Å². The van der Waals surface area contributed by atoms with Gasteiger partial charge in [0.1, 0.15) is 11.2 Å². The summed E-state index contributed by atoms with van der Waals surface area (Å²) in [6, 6.07) is 5.05. The maximum absolute atomic E-state index is 11.9. The Morgan fingerprint density at radius 3 is 2.50 bits per heavy atom. The Morgan fingerprint density at radius 1 is 1.39 bits per heavy atom. The van der Waals surface area contributed by atoms with Crippen LogP contribution in [0.15, 0.2) is 22.7 Å². The molecule has 0 aliphatic carbocycles. The molecule has 0 aliphatic heterocycles. The van der Waals surface area contributed by atoms with Crippen LogP contribution in [0.25, 0.3) is 0 Å². The molecule has 0 atom stereocenters. The molecular formula is C12H14BrNO4. The zero-order valence-corrected chi connectivity index (χ0v) is 11.9. The molecule has 0 radical (unpaired) electrons. The normalized spacial score (nSPS) is 10.9. The van der Waals surface area contributed by atoms with E-state index in [-0.39, 0.29) is 0 Å². The summed E-state index contributed by atoms with van der Waals surface area (Å²) < 4.78 is 5.69. The lowest BCUT2D eigenvalue weighted by Gasteiger charge is -2.19. The number of ether oxygens (including phenoxy) is 1. The summed E-state index contributed by atoms with van der Waals surface area (Å²) >= 11 is 3.27. The number of benzene rings is 1. The highest BCUT2D eigenvalue weighted by atomic mass is 79.9. The van der Waals surface area contributed by atoms with Crippen molar-refractivity contribution >= 4 is 33.5 Å². The predicted molar refractivity (Wildman–Crippen MR) is 70.7 cm³/mol. The molecule has 6 heteroatoms. The van der Waals surface area contributed by atoms with Crippen molar-refractivity contribution in [1.82, 2.24) is 0 Å². The molecule has 2 N–H and O–H groups in total. The van der Waals surface area contributed by atoms with Gasteiger partial charge in [-0.25, -0.2) is 0 Å². The molecule has 0 unspecified atom stereocenters. The van der Waals surface area contributed by atoms with Crippen LogP contribution in [0.5, 0.6) is 5.75 Å². The minimum absolute atomic E-state index is 0.466. The van der Waals surface area contributed by atoms with Crippen LogP contribution in [0.4, 0.5) is 5.69 Å². The molecular weight excluding hydrogens is 302 g/mol. The minimum atomic E-state index is -1.50. The summed E-state index contributed by atoms with van der Waals surface area (Å²) in [5, 5.41) is 11.5. The number of hydrogen-bond acceptors (Lipinski definition) is 3. The number of amides is 1. The summed E-state index contributed by atoms with van der Waals surface area (Å²) in [5.41, 5.74) is -1.03. The van der Waals surface area contributed by atoms with Gasteiger partial charge in [0.15, 0.2) is 0 Å². The van der Waals surface area contributed by atoms with E-state index in [4.69, 9.17) is 9.84 Å². The fourth-order valence-electron chi connectivity index (χ4n) is 1.10. The van der Waals surface area contributed by atoms with Gasteiger partial charge in [0.25, 0.3) is 0 Å². The molecule has 0 spiro atoms. The predicted octanol–water partition coefficient (Wildman–Crippen LogP) is 2.51. The van der Waals surface area contributed by atoms with Gasteiger partial charge in [0.05, 0.1) is 12.8 Å². The lowest BCUT2D eigenvalue weighted by atomic mass is 9.92. The molecule has 1 amide bonds. The van der Waals surface area contributed by atoms with Gasteiger partial charge in [-0.3, -0.25) is 9.59 Å². The SMILES string of the molecule is COc1ccc(Br)c(NC(=O)C(C)(C)C(=O)O)c1. The molecule has 18 heavy (non-hydrogen) atoms. The van der Waals surface area contributed by atoms with Crippen LogP contribution in [0, 0.1) is 5.41 Å². The summed E-state index contributed by atoms with van der Waals surface area (Å²) in [4.78, 5) is 22.8. The summed E-state index contributed by atoms with van der Waals surface area (Å²) in [5.74, 6) is -1.20. The number of methoxy groups -OCH3 is 1. The Labute approximate surface area is 113 Å². The van der Waals surface area contributed by atoms with Crippen molar-refractivity contribution in [3.05, 3.63) is 22.7 Å². The first-order chi connectivity index (χ1) is 8.28. The molecule has 5 nitrogen and oxygen atoms in total. The quantitative estimate of drug-likeness (QED) is 0.837. The van der Waals surface area contributed by atoms with Gasteiger partial charge in [0, 0.05) is 10.5 Å². The molecule has 1 rings (SSSR count). The van der Waals surface area contributed by atoms with E-state index in [1.54, 1.807) is 18.2 Å². The number of anilines is 1. The average molecular weight is 316 g/mol. The van der Waals surface area contributed by atoms with Crippen LogP contribution >= 0.6 is 15.9 Å². The van der Waals surface area contributed by atoms with E-state index >= 15 is 0 Å². The van der Waals surface area contributed by atoms with E-state index in [0.717, 1.165) is 0 Å². The lowest BCUT2D eigenvalue weighted by molar-refractivity contribution is -0.151. The van der Waals surface area contributed by atoms with Gasteiger partial charge in [-0.2, -0.15) is 0 Å². The molecule has 0 saturated heterocycles. The smallest absolute Gasteiger partial charge is 0.318 e. The number of rotatable bonds is 4. The molecule has 0 saturated carbocycles. The number of carboxylic acids is 1. The minimum Gasteiger partial charge on any atom is -0.497 e. The molecule has 0 fully saturated rings. The number of carbonyl (C=O) groups excluding carboxylic acids is 1. The summed E-state index contributed by atoms with van der Waals surface area (Å²) in [6.07, 6.45) is 0. The fraction of sp³-hybridized carbons (Fsp3) is 0.333. The number of halogens is 1. The first-order valence-corrected chi connectivity index (χ1v) is 5.96. The second-order valence-electron chi connectivity index (χ2n) is 4.23. The van der Waals surface area contributed by atoms with E-state index in [2.05, 4.69) is 21.2 Å². The number of carbonyl (C=O) groups is 2. The maximum Gasteiger partial charge on any atom is 0.318 e. The van der Waals surface area contributed by atoms with E-state index in [9.17, 15) is 9.59 Å². The van der Waals surface area contributed by atoms with Crippen LogP contribution in [0.3, 0.4) is 0 Å². The summed E-state index contributed by atoms with van der Waals surface area (Å²) in [7, 11) is 1.51. The number of nitrogens with one attached hydrogen (secondary N) is 1.